The van der Waals surface area contributed by atoms with Crippen LogP contribution in [0.5, 0.6) is 0 Å². The van der Waals surface area contributed by atoms with Gasteiger partial charge in [-0.15, -0.1) is 26.9 Å². The first-order valence-electron chi connectivity index (χ1n) is 6.93. The molecule has 0 rings (SSSR count). The van der Waals surface area contributed by atoms with Crippen LogP contribution in [0.3, 0.4) is 0 Å². The Bertz CT molecular complexity index is 528. The smallest absolute Gasteiger partial charge is 0.304 e. The molecule has 0 saturated carbocycles. The molecule has 4 N–H and O–H groups in total. The Balaban J connectivity index is 6.47. The van der Waals surface area contributed by atoms with E-state index in [9.17, 15) is 55.7 Å². The zero-order valence-electron chi connectivity index (χ0n) is 13.3. The SMILES string of the molecule is O=C(O)CC(C(CC(=O)O)C(N(F)F)C(O)(O)N(F)F)C(CN(F)F)N(F)F. The third-order valence-electron chi connectivity index (χ3n) is 3.70. The van der Waals surface area contributed by atoms with Gasteiger partial charge in [0.1, 0.15) is 0 Å². The van der Waals surface area contributed by atoms with Crippen LogP contribution in [0, 0.1) is 11.8 Å². The van der Waals surface area contributed by atoms with Crippen molar-refractivity contribution in [1.82, 2.24) is 21.4 Å². The summed E-state index contributed by atoms with van der Waals surface area (Å²) in [4.78, 5) is 21.8. The van der Waals surface area contributed by atoms with Crippen molar-refractivity contribution in [3.8, 4) is 0 Å². The first kappa shape index (κ1) is 26.1. The molecule has 0 aromatic carbocycles. The molecular formula is C10H14F8N4O6. The molecule has 0 spiro atoms. The third-order valence-corrected chi connectivity index (χ3v) is 3.70. The predicted molar refractivity (Wildman–Crippen MR) is 67.3 cm³/mol. The van der Waals surface area contributed by atoms with Crippen molar-refractivity contribution in [3.05, 3.63) is 0 Å². The standard InChI is InChI=1S/C10H14F8N4O6/c11-19(12)3-6(20(13)14)4(1-7(23)24)5(2-8(25)26)9(21(15)16)10(27,28)22(17)18/h4-6,9,27-28H,1-3H2,(H,23,24)(H,25,26). The molecule has 4 atom stereocenters. The predicted octanol–water partition coefficient (Wildman–Crippen LogP) is 0.828. The second kappa shape index (κ2) is 10.6. The summed E-state index contributed by atoms with van der Waals surface area (Å²) in [5, 5.41) is 27.0. The number of hydrogen-bond acceptors (Lipinski definition) is 8. The number of carboxylic acids is 2. The lowest BCUT2D eigenvalue weighted by Crippen LogP contribution is -2.61. The van der Waals surface area contributed by atoms with E-state index in [-0.39, 0.29) is 0 Å². The summed E-state index contributed by atoms with van der Waals surface area (Å²) in [5.41, 5.74) is 0. The van der Waals surface area contributed by atoms with Crippen LogP contribution < -0.4 is 0 Å². The number of aliphatic carboxylic acids is 2. The van der Waals surface area contributed by atoms with Crippen LogP contribution in [0.25, 0.3) is 0 Å². The van der Waals surface area contributed by atoms with E-state index in [1.54, 1.807) is 0 Å². The molecule has 10 nitrogen and oxygen atoms in total. The minimum atomic E-state index is -4.87. The molecule has 0 radical (unpaired) electrons. The van der Waals surface area contributed by atoms with E-state index in [0.717, 1.165) is 0 Å². The average Bonchev–Trinajstić information content (AvgIpc) is 2.48. The average molecular weight is 438 g/mol. The largest absolute Gasteiger partial charge is 0.481 e. The number of rotatable bonds is 13. The van der Waals surface area contributed by atoms with E-state index in [4.69, 9.17) is 10.2 Å². The topological polar surface area (TPSA) is 128 Å². The molecule has 0 aromatic rings. The molecule has 0 aliphatic rings. The highest BCUT2D eigenvalue weighted by molar-refractivity contribution is 5.69. The maximum absolute atomic E-state index is 13.1. The third kappa shape index (κ3) is 7.28. The van der Waals surface area contributed by atoms with E-state index in [1.807, 2.05) is 0 Å². The zero-order chi connectivity index (χ0) is 22.4. The molecule has 0 fully saturated rings. The Hall–Kier alpha value is -1.86. The Labute approximate surface area is 149 Å². The fourth-order valence-electron chi connectivity index (χ4n) is 2.62. The maximum Gasteiger partial charge on any atom is 0.304 e. The molecule has 0 aliphatic heterocycles. The number of carbonyl (C=O) groups is 2. The van der Waals surface area contributed by atoms with Gasteiger partial charge in [-0.25, -0.2) is 0 Å². The molecule has 0 heterocycles. The number of nitrogens with zero attached hydrogens (tertiary/aromatic N) is 4. The molecule has 166 valence electrons. The van der Waals surface area contributed by atoms with Crippen molar-refractivity contribution in [3.63, 3.8) is 0 Å². The zero-order valence-corrected chi connectivity index (χ0v) is 13.3. The lowest BCUT2D eigenvalue weighted by Gasteiger charge is -2.40. The van der Waals surface area contributed by atoms with Crippen LogP contribution >= 0.6 is 0 Å². The van der Waals surface area contributed by atoms with Crippen molar-refractivity contribution >= 4 is 11.9 Å². The quantitative estimate of drug-likeness (QED) is 0.187. The van der Waals surface area contributed by atoms with Crippen LogP contribution in [0.4, 0.5) is 35.9 Å². The summed E-state index contributed by atoms with van der Waals surface area (Å²) < 4.78 is 102. The van der Waals surface area contributed by atoms with Gasteiger partial charge in [0.2, 0.25) is 0 Å². The molecule has 28 heavy (non-hydrogen) atoms. The lowest BCUT2D eigenvalue weighted by molar-refractivity contribution is -0.444. The van der Waals surface area contributed by atoms with Gasteiger partial charge < -0.3 is 20.4 Å². The Morgan fingerprint density at radius 1 is 0.786 bits per heavy atom. The first-order valence-corrected chi connectivity index (χ1v) is 6.93. The van der Waals surface area contributed by atoms with Crippen molar-refractivity contribution < 1.29 is 65.9 Å². The summed E-state index contributed by atoms with van der Waals surface area (Å²) in [6.07, 6.45) is -3.47. The summed E-state index contributed by atoms with van der Waals surface area (Å²) in [6, 6.07) is -6.67. The van der Waals surface area contributed by atoms with E-state index < -0.39 is 82.5 Å². The van der Waals surface area contributed by atoms with Crippen LogP contribution in [0.2, 0.25) is 0 Å². The van der Waals surface area contributed by atoms with Crippen LogP contribution in [0.1, 0.15) is 12.8 Å². The highest BCUT2D eigenvalue weighted by Gasteiger charge is 2.56. The summed E-state index contributed by atoms with van der Waals surface area (Å²) in [6.45, 7) is -2.02. The van der Waals surface area contributed by atoms with E-state index >= 15 is 0 Å². The van der Waals surface area contributed by atoms with E-state index in [0.29, 0.717) is 0 Å². The van der Waals surface area contributed by atoms with Gasteiger partial charge in [-0.1, -0.05) is 8.96 Å². The van der Waals surface area contributed by atoms with Gasteiger partial charge >= 0.3 is 17.8 Å². The summed E-state index contributed by atoms with van der Waals surface area (Å²) in [5.74, 6) is -14.6. The summed E-state index contributed by atoms with van der Waals surface area (Å²) in [7, 11) is 0. The lowest BCUT2D eigenvalue weighted by atomic mass is 9.76. The normalized spacial score (nSPS) is 17.2. The van der Waals surface area contributed by atoms with Gasteiger partial charge in [0.05, 0.1) is 30.8 Å². The van der Waals surface area contributed by atoms with Gasteiger partial charge in [0, 0.05) is 22.0 Å². The fraction of sp³-hybridized carbons (Fsp3) is 0.800. The van der Waals surface area contributed by atoms with Gasteiger partial charge in [-0.05, 0) is 5.92 Å². The first-order chi connectivity index (χ1) is 12.6. The van der Waals surface area contributed by atoms with Crippen LogP contribution in [0.15, 0.2) is 0 Å². The number of aliphatic hydroxyl groups is 2. The van der Waals surface area contributed by atoms with Crippen LogP contribution in [-0.2, 0) is 9.59 Å². The Morgan fingerprint density at radius 2 is 1.21 bits per heavy atom. The van der Waals surface area contributed by atoms with Gasteiger partial charge in [-0.3, -0.25) is 9.59 Å². The second-order valence-corrected chi connectivity index (χ2v) is 5.46. The minimum absolute atomic E-state index is 1.68. The Morgan fingerprint density at radius 3 is 1.50 bits per heavy atom. The second-order valence-electron chi connectivity index (χ2n) is 5.46. The van der Waals surface area contributed by atoms with Crippen molar-refractivity contribution in [2.75, 3.05) is 6.54 Å². The molecule has 0 aromatic heterocycles. The monoisotopic (exact) mass is 438 g/mol. The molecule has 4 unspecified atom stereocenters. The van der Waals surface area contributed by atoms with Crippen LogP contribution in [-0.4, -0.2) is 78.3 Å². The van der Waals surface area contributed by atoms with Gasteiger partial charge in [0.25, 0.3) is 0 Å². The fourth-order valence-corrected chi connectivity index (χ4v) is 2.62. The molecular weight excluding hydrogens is 424 g/mol. The van der Waals surface area contributed by atoms with Crippen molar-refractivity contribution in [2.45, 2.75) is 30.8 Å². The number of halogens is 8. The van der Waals surface area contributed by atoms with Crippen molar-refractivity contribution in [2.24, 2.45) is 11.8 Å². The van der Waals surface area contributed by atoms with Crippen molar-refractivity contribution in [1.29, 1.82) is 0 Å². The number of hydrogen-bond donors (Lipinski definition) is 4. The van der Waals surface area contributed by atoms with Gasteiger partial charge in [0.15, 0.2) is 6.04 Å². The molecule has 0 amide bonds. The maximum atomic E-state index is 13.1. The highest BCUT2D eigenvalue weighted by Crippen LogP contribution is 2.38. The highest BCUT2D eigenvalue weighted by atomic mass is 19.4. The van der Waals surface area contributed by atoms with E-state index in [1.165, 1.54) is 0 Å². The molecule has 0 bridgehead atoms. The number of carboxylic acid groups (broad SMARTS) is 2. The molecule has 18 heteroatoms. The minimum Gasteiger partial charge on any atom is -0.481 e. The van der Waals surface area contributed by atoms with E-state index in [2.05, 4.69) is 0 Å². The summed E-state index contributed by atoms with van der Waals surface area (Å²) >= 11 is 0. The molecule has 0 aliphatic carbocycles. The Kier molecular flexibility index (Phi) is 9.92. The molecule has 0 saturated heterocycles. The van der Waals surface area contributed by atoms with Gasteiger partial charge in [-0.2, -0.15) is 0 Å².